The van der Waals surface area contributed by atoms with E-state index in [1.54, 1.807) is 6.07 Å². The zero-order chi connectivity index (χ0) is 12.2. The van der Waals surface area contributed by atoms with Crippen LogP contribution in [0.5, 0.6) is 0 Å². The van der Waals surface area contributed by atoms with Crippen LogP contribution in [0.3, 0.4) is 0 Å². The highest BCUT2D eigenvalue weighted by Gasteiger charge is 2.21. The second kappa shape index (κ2) is 6.57. The van der Waals surface area contributed by atoms with E-state index in [0.717, 1.165) is 5.56 Å². The van der Waals surface area contributed by atoms with E-state index >= 15 is 0 Å². The van der Waals surface area contributed by atoms with E-state index in [9.17, 15) is 9.18 Å². The Morgan fingerprint density at radius 2 is 2.12 bits per heavy atom. The molecule has 1 rings (SSSR count). The summed E-state index contributed by atoms with van der Waals surface area (Å²) in [4.78, 5) is 11.0. The number of nitrogens with two attached hydrogens (primary N) is 1. The number of benzene rings is 1. The molecule has 0 aromatic heterocycles. The van der Waals surface area contributed by atoms with Crippen LogP contribution in [0.15, 0.2) is 24.3 Å². The van der Waals surface area contributed by atoms with Crippen LogP contribution in [-0.2, 0) is 10.2 Å². The molecule has 0 spiro atoms. The SMILES string of the molecule is CC(C)(CNC(=O)CN)c1cccc(F)c1.Cl. The van der Waals surface area contributed by atoms with Gasteiger partial charge in [-0.15, -0.1) is 12.4 Å². The molecule has 96 valence electrons. The molecule has 0 bridgehead atoms. The van der Waals surface area contributed by atoms with Crippen LogP contribution in [0.4, 0.5) is 4.39 Å². The summed E-state index contributed by atoms with van der Waals surface area (Å²) in [5, 5.41) is 2.70. The van der Waals surface area contributed by atoms with E-state index < -0.39 is 0 Å². The first-order valence-electron chi connectivity index (χ1n) is 5.18. The van der Waals surface area contributed by atoms with Crippen molar-refractivity contribution in [3.63, 3.8) is 0 Å². The van der Waals surface area contributed by atoms with E-state index in [1.165, 1.54) is 12.1 Å². The molecule has 1 aromatic carbocycles. The molecule has 0 atom stereocenters. The lowest BCUT2D eigenvalue weighted by Crippen LogP contribution is -2.39. The van der Waals surface area contributed by atoms with E-state index in [1.807, 2.05) is 19.9 Å². The maximum atomic E-state index is 13.1. The smallest absolute Gasteiger partial charge is 0.233 e. The van der Waals surface area contributed by atoms with E-state index in [4.69, 9.17) is 5.73 Å². The lowest BCUT2D eigenvalue weighted by atomic mass is 9.84. The van der Waals surface area contributed by atoms with Gasteiger partial charge < -0.3 is 11.1 Å². The first-order valence-corrected chi connectivity index (χ1v) is 5.18. The van der Waals surface area contributed by atoms with Crippen LogP contribution in [-0.4, -0.2) is 19.0 Å². The molecule has 0 fully saturated rings. The quantitative estimate of drug-likeness (QED) is 0.864. The number of halogens is 2. The fraction of sp³-hybridized carbons (Fsp3) is 0.417. The van der Waals surface area contributed by atoms with Gasteiger partial charge in [0, 0.05) is 12.0 Å². The summed E-state index contributed by atoms with van der Waals surface area (Å²) in [5.74, 6) is -0.472. The lowest BCUT2D eigenvalue weighted by molar-refractivity contribution is -0.119. The highest BCUT2D eigenvalue weighted by Crippen LogP contribution is 2.22. The summed E-state index contributed by atoms with van der Waals surface area (Å²) >= 11 is 0. The molecule has 0 aliphatic heterocycles. The van der Waals surface area contributed by atoms with E-state index in [0.29, 0.717) is 6.54 Å². The predicted octanol–water partition coefficient (Wildman–Crippen LogP) is 1.60. The second-order valence-corrected chi connectivity index (χ2v) is 4.38. The maximum absolute atomic E-state index is 13.1. The third-order valence-corrected chi connectivity index (χ3v) is 2.52. The number of carbonyl (C=O) groups excluding carboxylic acids is 1. The summed E-state index contributed by atoms with van der Waals surface area (Å²) in [7, 11) is 0. The van der Waals surface area contributed by atoms with Crippen molar-refractivity contribution >= 4 is 18.3 Å². The minimum Gasteiger partial charge on any atom is -0.354 e. The highest BCUT2D eigenvalue weighted by molar-refractivity contribution is 5.85. The Bertz CT molecular complexity index is 383. The summed E-state index contributed by atoms with van der Waals surface area (Å²) in [6, 6.07) is 6.39. The van der Waals surface area contributed by atoms with E-state index in [-0.39, 0.29) is 36.1 Å². The van der Waals surface area contributed by atoms with Gasteiger partial charge in [0.15, 0.2) is 0 Å². The van der Waals surface area contributed by atoms with Crippen LogP contribution >= 0.6 is 12.4 Å². The number of nitrogens with one attached hydrogen (secondary N) is 1. The topological polar surface area (TPSA) is 55.1 Å². The van der Waals surface area contributed by atoms with Crippen LogP contribution in [0.25, 0.3) is 0 Å². The molecule has 1 amide bonds. The number of hydrogen-bond donors (Lipinski definition) is 2. The number of carbonyl (C=O) groups is 1. The molecule has 17 heavy (non-hydrogen) atoms. The van der Waals surface area contributed by atoms with Gasteiger partial charge in [0.1, 0.15) is 5.82 Å². The van der Waals surface area contributed by atoms with Crippen molar-refractivity contribution in [3.8, 4) is 0 Å². The van der Waals surface area contributed by atoms with Crippen molar-refractivity contribution in [2.45, 2.75) is 19.3 Å². The van der Waals surface area contributed by atoms with Gasteiger partial charge in [0.25, 0.3) is 0 Å². The molecule has 0 aliphatic rings. The zero-order valence-electron chi connectivity index (χ0n) is 10.00. The average Bonchev–Trinajstić information content (AvgIpc) is 2.26. The molecule has 0 saturated heterocycles. The van der Waals surface area contributed by atoms with Crippen LogP contribution in [0.1, 0.15) is 19.4 Å². The lowest BCUT2D eigenvalue weighted by Gasteiger charge is -2.25. The van der Waals surface area contributed by atoms with Gasteiger partial charge in [-0.1, -0.05) is 26.0 Å². The van der Waals surface area contributed by atoms with Gasteiger partial charge in [-0.3, -0.25) is 4.79 Å². The molecule has 3 nitrogen and oxygen atoms in total. The Morgan fingerprint density at radius 1 is 1.47 bits per heavy atom. The Morgan fingerprint density at radius 3 is 2.65 bits per heavy atom. The maximum Gasteiger partial charge on any atom is 0.233 e. The van der Waals surface area contributed by atoms with Crippen LogP contribution in [0, 0.1) is 5.82 Å². The van der Waals surface area contributed by atoms with Crippen molar-refractivity contribution in [2.24, 2.45) is 5.73 Å². The van der Waals surface area contributed by atoms with Gasteiger partial charge in [-0.25, -0.2) is 4.39 Å². The second-order valence-electron chi connectivity index (χ2n) is 4.38. The fourth-order valence-electron chi connectivity index (χ4n) is 1.40. The Balaban J connectivity index is 0.00000256. The van der Waals surface area contributed by atoms with Gasteiger partial charge in [-0.2, -0.15) is 0 Å². The molecule has 5 heteroatoms. The summed E-state index contributed by atoms with van der Waals surface area (Å²) in [6.45, 7) is 4.29. The van der Waals surface area contributed by atoms with E-state index in [2.05, 4.69) is 5.32 Å². The molecule has 0 unspecified atom stereocenters. The van der Waals surface area contributed by atoms with Gasteiger partial charge in [-0.05, 0) is 17.7 Å². The van der Waals surface area contributed by atoms with Crippen molar-refractivity contribution in [2.75, 3.05) is 13.1 Å². The number of rotatable bonds is 4. The summed E-state index contributed by atoms with van der Waals surface area (Å²) in [6.07, 6.45) is 0. The largest absolute Gasteiger partial charge is 0.354 e. The Kier molecular flexibility index (Phi) is 6.13. The summed E-state index contributed by atoms with van der Waals surface area (Å²) < 4.78 is 13.1. The number of amides is 1. The summed E-state index contributed by atoms with van der Waals surface area (Å²) in [5.41, 5.74) is 5.73. The molecule has 0 radical (unpaired) electrons. The number of hydrogen-bond acceptors (Lipinski definition) is 2. The Labute approximate surface area is 107 Å². The molecular formula is C12H18ClFN2O. The first-order chi connectivity index (χ1) is 7.45. The highest BCUT2D eigenvalue weighted by atomic mass is 35.5. The molecule has 3 N–H and O–H groups in total. The predicted molar refractivity (Wildman–Crippen MR) is 68.7 cm³/mol. The van der Waals surface area contributed by atoms with Crippen LogP contribution < -0.4 is 11.1 Å². The van der Waals surface area contributed by atoms with Gasteiger partial charge >= 0.3 is 0 Å². The molecule has 0 heterocycles. The van der Waals surface area contributed by atoms with Gasteiger partial charge in [0.05, 0.1) is 6.54 Å². The zero-order valence-corrected chi connectivity index (χ0v) is 10.8. The molecule has 1 aromatic rings. The minimum atomic E-state index is -0.313. The Hall–Kier alpha value is -1.13. The third-order valence-electron chi connectivity index (χ3n) is 2.52. The van der Waals surface area contributed by atoms with Gasteiger partial charge in [0.2, 0.25) is 5.91 Å². The van der Waals surface area contributed by atoms with Crippen molar-refractivity contribution < 1.29 is 9.18 Å². The monoisotopic (exact) mass is 260 g/mol. The third kappa shape index (κ3) is 4.71. The van der Waals surface area contributed by atoms with Crippen LogP contribution in [0.2, 0.25) is 0 Å². The van der Waals surface area contributed by atoms with Crippen molar-refractivity contribution in [3.05, 3.63) is 35.6 Å². The van der Waals surface area contributed by atoms with Crippen molar-refractivity contribution in [1.82, 2.24) is 5.32 Å². The average molecular weight is 261 g/mol. The minimum absolute atomic E-state index is 0. The standard InChI is InChI=1S/C12H17FN2O.ClH/c1-12(2,8-15-11(16)7-14)9-4-3-5-10(13)6-9;/h3-6H,7-8,14H2,1-2H3,(H,15,16);1H. The first kappa shape index (κ1) is 15.9. The fourth-order valence-corrected chi connectivity index (χ4v) is 1.40. The molecule has 0 aliphatic carbocycles. The van der Waals surface area contributed by atoms with Crippen molar-refractivity contribution in [1.29, 1.82) is 0 Å². The normalized spacial score (nSPS) is 10.6. The molecule has 0 saturated carbocycles. The molecular weight excluding hydrogens is 243 g/mol.